The molecular weight excluding hydrogens is 313 g/mol. The van der Waals surface area contributed by atoms with Crippen LogP contribution >= 0.6 is 0 Å². The van der Waals surface area contributed by atoms with Crippen LogP contribution in [0.25, 0.3) is 10.9 Å². The number of rotatable bonds is 3. The number of likely N-dealkylation sites (N-methyl/N-ethyl adjacent to an activating group) is 1. The highest BCUT2D eigenvalue weighted by atomic mass is 19.1. The van der Waals surface area contributed by atoms with Gasteiger partial charge in [-0.1, -0.05) is 11.6 Å². The second-order valence-electron chi connectivity index (χ2n) is 7.30. The molecule has 0 N–H and O–H groups in total. The Balaban J connectivity index is 1.80. The molecule has 0 saturated carbocycles. The van der Waals surface area contributed by atoms with Gasteiger partial charge in [-0.05, 0) is 56.1 Å². The van der Waals surface area contributed by atoms with Crippen molar-refractivity contribution in [1.29, 1.82) is 0 Å². The molecule has 0 radical (unpaired) electrons. The lowest BCUT2D eigenvalue weighted by atomic mass is 10.0. The van der Waals surface area contributed by atoms with Crippen molar-refractivity contribution in [1.82, 2.24) is 14.5 Å². The minimum atomic E-state index is -0.259. The Hall–Kier alpha value is -2.20. The van der Waals surface area contributed by atoms with Crippen molar-refractivity contribution in [3.63, 3.8) is 0 Å². The third kappa shape index (κ3) is 2.95. The normalized spacial score (nSPS) is 14.9. The van der Waals surface area contributed by atoms with Crippen LogP contribution in [-0.2, 0) is 25.9 Å². The molecule has 0 aliphatic carbocycles. The van der Waals surface area contributed by atoms with Crippen molar-refractivity contribution >= 4 is 10.9 Å². The quantitative estimate of drug-likeness (QED) is 0.720. The van der Waals surface area contributed by atoms with Gasteiger partial charge in [-0.15, -0.1) is 0 Å². The van der Waals surface area contributed by atoms with Crippen LogP contribution < -0.4 is 0 Å². The highest BCUT2D eigenvalue weighted by Crippen LogP contribution is 2.33. The maximum Gasteiger partial charge on any atom is 0.141 e. The van der Waals surface area contributed by atoms with Gasteiger partial charge >= 0.3 is 0 Å². The fraction of sp³-hybridized carbons (Fsp3) is 0.381. The van der Waals surface area contributed by atoms with E-state index < -0.39 is 0 Å². The highest BCUT2D eigenvalue weighted by molar-refractivity contribution is 5.89. The Morgan fingerprint density at radius 2 is 2.00 bits per heavy atom. The molecule has 3 nitrogen and oxygen atoms in total. The van der Waals surface area contributed by atoms with Gasteiger partial charge in [0, 0.05) is 43.3 Å². The number of aromatic nitrogens is 2. The molecule has 0 atom stereocenters. The van der Waals surface area contributed by atoms with Gasteiger partial charge in [0.05, 0.1) is 11.7 Å². The van der Waals surface area contributed by atoms with E-state index >= 15 is 0 Å². The monoisotopic (exact) mass is 337 g/mol. The molecule has 2 aromatic heterocycles. The van der Waals surface area contributed by atoms with Crippen LogP contribution in [0.4, 0.5) is 4.39 Å². The van der Waals surface area contributed by atoms with Crippen molar-refractivity contribution in [2.75, 3.05) is 13.6 Å². The first kappa shape index (κ1) is 16.3. The molecule has 0 unspecified atom stereocenters. The average Bonchev–Trinajstić information content (AvgIpc) is 2.86. The summed E-state index contributed by atoms with van der Waals surface area (Å²) in [5.74, 6) is -0.259. The molecule has 4 heteroatoms. The standard InChI is InChI=1S/C21H24FN3/c1-14-8-15(2)21-18(9-14)19-13-24(3)6-5-20(19)25(21)7-4-16-10-17(22)12-23-11-16/h8-12H,4-7,13H2,1-3H3. The molecule has 0 spiro atoms. The zero-order chi connectivity index (χ0) is 17.6. The second kappa shape index (κ2) is 6.26. The van der Waals surface area contributed by atoms with Crippen molar-refractivity contribution < 1.29 is 4.39 Å². The molecule has 25 heavy (non-hydrogen) atoms. The van der Waals surface area contributed by atoms with Gasteiger partial charge in [0.25, 0.3) is 0 Å². The fourth-order valence-electron chi connectivity index (χ4n) is 4.19. The zero-order valence-corrected chi connectivity index (χ0v) is 15.1. The van der Waals surface area contributed by atoms with Gasteiger partial charge in [0.1, 0.15) is 5.82 Å². The summed E-state index contributed by atoms with van der Waals surface area (Å²) in [6, 6.07) is 6.17. The maximum atomic E-state index is 13.4. The number of hydrogen-bond donors (Lipinski definition) is 0. The van der Waals surface area contributed by atoms with Crippen molar-refractivity contribution in [3.05, 3.63) is 64.4 Å². The number of pyridine rings is 1. The summed E-state index contributed by atoms with van der Waals surface area (Å²) in [6.07, 6.45) is 4.90. The topological polar surface area (TPSA) is 21.1 Å². The summed E-state index contributed by atoms with van der Waals surface area (Å²) in [5.41, 5.74) is 7.85. The summed E-state index contributed by atoms with van der Waals surface area (Å²) in [4.78, 5) is 6.37. The summed E-state index contributed by atoms with van der Waals surface area (Å²) in [5, 5.41) is 1.39. The van der Waals surface area contributed by atoms with Gasteiger partial charge < -0.3 is 9.47 Å². The third-order valence-corrected chi connectivity index (χ3v) is 5.26. The van der Waals surface area contributed by atoms with E-state index in [2.05, 4.69) is 47.5 Å². The number of nitrogens with zero attached hydrogens (tertiary/aromatic N) is 3. The first-order valence-corrected chi connectivity index (χ1v) is 8.92. The van der Waals surface area contributed by atoms with Gasteiger partial charge in [0.15, 0.2) is 0 Å². The minimum Gasteiger partial charge on any atom is -0.344 e. The van der Waals surface area contributed by atoms with Crippen molar-refractivity contribution in [3.8, 4) is 0 Å². The largest absolute Gasteiger partial charge is 0.344 e. The maximum absolute atomic E-state index is 13.4. The van der Waals surface area contributed by atoms with E-state index in [0.29, 0.717) is 0 Å². The van der Waals surface area contributed by atoms with E-state index in [1.807, 2.05) is 0 Å². The number of benzene rings is 1. The minimum absolute atomic E-state index is 0.259. The van der Waals surface area contributed by atoms with Gasteiger partial charge in [0.2, 0.25) is 0 Å². The Labute approximate surface area is 148 Å². The summed E-state index contributed by atoms with van der Waals surface area (Å²) in [7, 11) is 2.19. The van der Waals surface area contributed by atoms with E-state index in [1.54, 1.807) is 12.3 Å². The highest BCUT2D eigenvalue weighted by Gasteiger charge is 2.23. The molecule has 4 rings (SSSR count). The predicted molar refractivity (Wildman–Crippen MR) is 99.3 cm³/mol. The van der Waals surface area contributed by atoms with E-state index in [1.165, 1.54) is 39.5 Å². The first-order chi connectivity index (χ1) is 12.0. The molecule has 3 aromatic rings. The van der Waals surface area contributed by atoms with E-state index in [9.17, 15) is 4.39 Å². The third-order valence-electron chi connectivity index (χ3n) is 5.26. The van der Waals surface area contributed by atoms with E-state index in [0.717, 1.165) is 38.0 Å². The molecule has 1 aromatic carbocycles. The molecule has 0 amide bonds. The molecule has 130 valence electrons. The van der Waals surface area contributed by atoms with E-state index in [4.69, 9.17) is 0 Å². The van der Waals surface area contributed by atoms with Crippen LogP contribution in [0, 0.1) is 19.7 Å². The second-order valence-corrected chi connectivity index (χ2v) is 7.30. The SMILES string of the molecule is Cc1cc(C)c2c(c1)c1c(n2CCc2cncc(F)c2)CCN(C)C1. The molecule has 1 aliphatic rings. The number of hydrogen-bond acceptors (Lipinski definition) is 2. The number of fused-ring (bicyclic) bond motifs is 3. The fourth-order valence-corrected chi connectivity index (χ4v) is 4.19. The van der Waals surface area contributed by atoms with Crippen LogP contribution in [0.3, 0.4) is 0 Å². The summed E-state index contributed by atoms with van der Waals surface area (Å²) >= 11 is 0. The Kier molecular flexibility index (Phi) is 4.08. The molecule has 0 bridgehead atoms. The number of halogens is 1. The zero-order valence-electron chi connectivity index (χ0n) is 15.1. The van der Waals surface area contributed by atoms with Crippen molar-refractivity contribution in [2.24, 2.45) is 0 Å². The van der Waals surface area contributed by atoms with Crippen LogP contribution in [0.2, 0.25) is 0 Å². The van der Waals surface area contributed by atoms with E-state index in [-0.39, 0.29) is 5.82 Å². The lowest BCUT2D eigenvalue weighted by Crippen LogP contribution is -2.27. The van der Waals surface area contributed by atoms with Gasteiger partial charge in [-0.2, -0.15) is 0 Å². The van der Waals surface area contributed by atoms with Crippen LogP contribution in [0.5, 0.6) is 0 Å². The molecule has 0 saturated heterocycles. The summed E-state index contributed by atoms with van der Waals surface area (Å²) < 4.78 is 15.9. The molecule has 0 fully saturated rings. The van der Waals surface area contributed by atoms with Crippen LogP contribution in [0.1, 0.15) is 27.9 Å². The molecule has 1 aliphatic heterocycles. The lowest BCUT2D eigenvalue weighted by Gasteiger charge is -2.24. The lowest BCUT2D eigenvalue weighted by molar-refractivity contribution is 0.309. The Morgan fingerprint density at radius 3 is 2.80 bits per heavy atom. The average molecular weight is 337 g/mol. The van der Waals surface area contributed by atoms with Gasteiger partial charge in [-0.25, -0.2) is 4.39 Å². The van der Waals surface area contributed by atoms with Crippen molar-refractivity contribution in [2.45, 2.75) is 39.8 Å². The molecular formula is C21H24FN3. The summed E-state index contributed by atoms with van der Waals surface area (Å²) in [6.45, 7) is 7.32. The molecule has 3 heterocycles. The number of aryl methyl sites for hydroxylation is 4. The van der Waals surface area contributed by atoms with Crippen LogP contribution in [0.15, 0.2) is 30.6 Å². The first-order valence-electron chi connectivity index (χ1n) is 8.92. The van der Waals surface area contributed by atoms with Crippen LogP contribution in [-0.4, -0.2) is 28.0 Å². The smallest absolute Gasteiger partial charge is 0.141 e. The Morgan fingerprint density at radius 1 is 1.16 bits per heavy atom. The van der Waals surface area contributed by atoms with Gasteiger partial charge in [-0.3, -0.25) is 4.98 Å². The predicted octanol–water partition coefficient (Wildman–Crippen LogP) is 4.02. The Bertz CT molecular complexity index is 942.